The predicted octanol–water partition coefficient (Wildman–Crippen LogP) is 3.77. The van der Waals surface area contributed by atoms with Gasteiger partial charge in [0.1, 0.15) is 16.8 Å². The van der Waals surface area contributed by atoms with Crippen LogP contribution >= 0.6 is 0 Å². The molecule has 2 aliphatic carbocycles. The highest BCUT2D eigenvalue weighted by molar-refractivity contribution is 7.91. The van der Waals surface area contributed by atoms with Crippen LogP contribution in [0.15, 0.2) is 24.3 Å². The summed E-state index contributed by atoms with van der Waals surface area (Å²) < 4.78 is 44.5. The lowest BCUT2D eigenvalue weighted by Crippen LogP contribution is -2.29. The fourth-order valence-corrected chi connectivity index (χ4v) is 5.27. The average Bonchev–Trinajstić information content (AvgIpc) is 3.57. The van der Waals surface area contributed by atoms with Gasteiger partial charge in [-0.05, 0) is 49.8 Å². The lowest BCUT2D eigenvalue weighted by atomic mass is 9.99. The third-order valence-electron chi connectivity index (χ3n) is 5.82. The lowest BCUT2D eigenvalue weighted by Gasteiger charge is -2.18. The number of sulfone groups is 1. The molecule has 0 saturated heterocycles. The minimum absolute atomic E-state index is 0.117. The molecule has 1 aromatic heterocycles. The third-order valence-corrected chi connectivity index (χ3v) is 7.42. The van der Waals surface area contributed by atoms with Crippen LogP contribution in [-0.2, 0) is 21.1 Å². The molecule has 5 nitrogen and oxygen atoms in total. The van der Waals surface area contributed by atoms with Crippen LogP contribution in [0.4, 0.5) is 4.39 Å². The molecule has 2 fully saturated rings. The number of carbonyl (C=O) groups is 1. The monoisotopic (exact) mass is 417 g/mol. The van der Waals surface area contributed by atoms with Crippen molar-refractivity contribution in [3.63, 3.8) is 0 Å². The Morgan fingerprint density at radius 3 is 2.52 bits per heavy atom. The van der Waals surface area contributed by atoms with Crippen molar-refractivity contribution in [2.75, 3.05) is 6.26 Å². The Morgan fingerprint density at radius 2 is 2.00 bits per heavy atom. The summed E-state index contributed by atoms with van der Waals surface area (Å²) in [4.78, 5) is 16.2. The molecule has 2 unspecified atom stereocenters. The Balaban J connectivity index is 1.73. The van der Waals surface area contributed by atoms with Gasteiger partial charge in [0.15, 0.2) is 21.7 Å². The molecule has 29 heavy (non-hydrogen) atoms. The number of benzene rings is 1. The van der Waals surface area contributed by atoms with E-state index in [0.29, 0.717) is 46.9 Å². The lowest BCUT2D eigenvalue weighted by molar-refractivity contribution is -0.115. The van der Waals surface area contributed by atoms with Gasteiger partial charge in [-0.2, -0.15) is 0 Å². The summed E-state index contributed by atoms with van der Waals surface area (Å²) in [5.41, 5.74) is 1.88. The number of hydrogen-bond donors (Lipinski definition) is 0. The number of nitrogens with zero attached hydrogens (tertiary/aromatic N) is 1. The maximum Gasteiger partial charge on any atom is 0.182 e. The quantitative estimate of drug-likeness (QED) is 0.641. The van der Waals surface area contributed by atoms with E-state index in [9.17, 15) is 17.6 Å². The van der Waals surface area contributed by atoms with Crippen molar-refractivity contribution in [2.45, 2.75) is 56.3 Å². The Bertz CT molecular complexity index is 1090. The maximum atomic E-state index is 14.8. The van der Waals surface area contributed by atoms with E-state index in [-0.39, 0.29) is 12.2 Å². The first-order valence-electron chi connectivity index (χ1n) is 9.83. The zero-order valence-electron chi connectivity index (χ0n) is 16.7. The van der Waals surface area contributed by atoms with E-state index in [0.717, 1.165) is 24.7 Å². The Kier molecular flexibility index (Phi) is 4.76. The average molecular weight is 418 g/mol. The molecule has 0 aliphatic heterocycles. The van der Waals surface area contributed by atoms with Crippen molar-refractivity contribution in [2.24, 2.45) is 0 Å². The van der Waals surface area contributed by atoms with Gasteiger partial charge in [0.2, 0.25) is 0 Å². The standard InChI is InChI=1S/C22H24FNO4S/c1-4-19-20(28-22(12-25)11-21(22)29(3,26)27)10-17(13(2)24-19)16-8-7-15(9-18(16)23)14-5-6-14/h7-10,12,14,21H,4-6,11H2,1-3H3. The van der Waals surface area contributed by atoms with Crippen molar-refractivity contribution in [3.8, 4) is 16.9 Å². The van der Waals surface area contributed by atoms with Crippen LogP contribution < -0.4 is 4.74 Å². The second-order valence-electron chi connectivity index (χ2n) is 8.13. The summed E-state index contributed by atoms with van der Waals surface area (Å²) in [6.45, 7) is 3.70. The van der Waals surface area contributed by atoms with Gasteiger partial charge in [-0.25, -0.2) is 12.8 Å². The Hall–Kier alpha value is -2.28. The third kappa shape index (κ3) is 3.68. The SMILES string of the molecule is CCc1nc(C)c(-c2ccc(C3CC3)cc2F)cc1OC1(C=O)CC1S(C)(=O)=O. The molecule has 0 N–H and O–H groups in total. The van der Waals surface area contributed by atoms with E-state index >= 15 is 0 Å². The van der Waals surface area contributed by atoms with Crippen molar-refractivity contribution in [3.05, 3.63) is 47.0 Å². The molecule has 4 rings (SSSR count). The van der Waals surface area contributed by atoms with Gasteiger partial charge in [-0.15, -0.1) is 0 Å². The first-order chi connectivity index (χ1) is 13.7. The second-order valence-corrected chi connectivity index (χ2v) is 10.4. The van der Waals surface area contributed by atoms with Crippen molar-refractivity contribution in [1.82, 2.24) is 4.98 Å². The van der Waals surface area contributed by atoms with E-state index in [1.165, 1.54) is 0 Å². The summed E-state index contributed by atoms with van der Waals surface area (Å²) in [5, 5.41) is -0.864. The maximum absolute atomic E-state index is 14.8. The Labute approximate surface area is 170 Å². The minimum atomic E-state index is -3.41. The topological polar surface area (TPSA) is 73.3 Å². The molecule has 0 spiro atoms. The van der Waals surface area contributed by atoms with Gasteiger partial charge in [-0.3, -0.25) is 9.78 Å². The molecule has 1 aromatic carbocycles. The van der Waals surface area contributed by atoms with Crippen LogP contribution in [0.2, 0.25) is 0 Å². The number of aldehydes is 1. The highest BCUT2D eigenvalue weighted by atomic mass is 32.2. The largest absolute Gasteiger partial charge is 0.476 e. The Morgan fingerprint density at radius 1 is 1.28 bits per heavy atom. The van der Waals surface area contributed by atoms with Gasteiger partial charge in [0, 0.05) is 29.5 Å². The summed E-state index contributed by atoms with van der Waals surface area (Å²) in [5.74, 6) is 0.464. The molecule has 7 heteroatoms. The fraction of sp³-hybridized carbons (Fsp3) is 0.455. The van der Waals surface area contributed by atoms with Gasteiger partial charge in [-0.1, -0.05) is 19.1 Å². The van der Waals surface area contributed by atoms with E-state index in [1.54, 1.807) is 25.1 Å². The van der Waals surface area contributed by atoms with Gasteiger partial charge < -0.3 is 4.74 Å². The first kappa shape index (κ1) is 20.0. The van der Waals surface area contributed by atoms with Crippen LogP contribution in [0.5, 0.6) is 5.75 Å². The number of carbonyl (C=O) groups excluding carboxylic acids is 1. The number of aryl methyl sites for hydroxylation is 2. The molecular formula is C22H24FNO4S. The van der Waals surface area contributed by atoms with Gasteiger partial charge in [0.25, 0.3) is 0 Å². The molecular weight excluding hydrogens is 393 g/mol. The number of rotatable bonds is 7. The molecule has 2 aromatic rings. The molecule has 0 radical (unpaired) electrons. The van der Waals surface area contributed by atoms with E-state index in [4.69, 9.17) is 4.74 Å². The predicted molar refractivity (Wildman–Crippen MR) is 108 cm³/mol. The zero-order chi connectivity index (χ0) is 21.0. The molecule has 0 amide bonds. The highest BCUT2D eigenvalue weighted by Gasteiger charge is 2.63. The molecule has 154 valence electrons. The molecule has 2 atom stereocenters. The molecule has 2 saturated carbocycles. The van der Waals surface area contributed by atoms with Crippen molar-refractivity contribution in [1.29, 1.82) is 0 Å². The summed E-state index contributed by atoms with van der Waals surface area (Å²) in [6.07, 6.45) is 4.51. The van der Waals surface area contributed by atoms with Crippen molar-refractivity contribution >= 4 is 16.1 Å². The molecule has 0 bridgehead atoms. The normalized spacial score (nSPS) is 23.7. The second kappa shape index (κ2) is 6.90. The van der Waals surface area contributed by atoms with Crippen LogP contribution in [0.1, 0.15) is 49.1 Å². The summed E-state index contributed by atoms with van der Waals surface area (Å²) in [7, 11) is -3.41. The number of pyridine rings is 1. The van der Waals surface area contributed by atoms with Gasteiger partial charge in [0.05, 0.1) is 5.69 Å². The highest BCUT2D eigenvalue weighted by Crippen LogP contribution is 2.46. The number of aromatic nitrogens is 1. The van der Waals surface area contributed by atoms with E-state index in [2.05, 4.69) is 4.98 Å². The van der Waals surface area contributed by atoms with Crippen LogP contribution in [0.25, 0.3) is 11.1 Å². The minimum Gasteiger partial charge on any atom is -0.476 e. The molecule has 2 aliphatic rings. The molecule has 1 heterocycles. The van der Waals surface area contributed by atoms with Crippen LogP contribution in [0.3, 0.4) is 0 Å². The van der Waals surface area contributed by atoms with E-state index in [1.807, 2.05) is 13.0 Å². The number of halogens is 1. The smallest absolute Gasteiger partial charge is 0.182 e. The number of ether oxygens (including phenoxy) is 1. The van der Waals surface area contributed by atoms with E-state index < -0.39 is 20.7 Å². The fourth-order valence-electron chi connectivity index (χ4n) is 3.88. The zero-order valence-corrected chi connectivity index (χ0v) is 17.6. The number of hydrogen-bond acceptors (Lipinski definition) is 5. The summed E-state index contributed by atoms with van der Waals surface area (Å²) >= 11 is 0. The first-order valence-corrected chi connectivity index (χ1v) is 11.8. The van der Waals surface area contributed by atoms with Crippen LogP contribution in [0, 0.1) is 12.7 Å². The van der Waals surface area contributed by atoms with Crippen LogP contribution in [-0.4, -0.2) is 36.8 Å². The van der Waals surface area contributed by atoms with Gasteiger partial charge >= 0.3 is 0 Å². The summed E-state index contributed by atoms with van der Waals surface area (Å²) in [6, 6.07) is 6.96. The van der Waals surface area contributed by atoms with Crippen molar-refractivity contribution < 1.29 is 22.3 Å².